The molecule has 0 spiro atoms. The van der Waals surface area contributed by atoms with Crippen LogP contribution in [0.25, 0.3) is 0 Å². The molecule has 1 aromatic heterocycles. The van der Waals surface area contributed by atoms with E-state index < -0.39 is 12.1 Å². The summed E-state index contributed by atoms with van der Waals surface area (Å²) in [6.45, 7) is 0. The van der Waals surface area contributed by atoms with Gasteiger partial charge in [-0.1, -0.05) is 0 Å². The van der Waals surface area contributed by atoms with Gasteiger partial charge in [0.15, 0.2) is 0 Å². The van der Waals surface area contributed by atoms with Gasteiger partial charge in [0, 0.05) is 5.10 Å². The van der Waals surface area contributed by atoms with Gasteiger partial charge in [-0.2, -0.15) is 13.2 Å². The molecule has 0 saturated heterocycles. The van der Waals surface area contributed by atoms with Gasteiger partial charge in [0.2, 0.25) is 6.33 Å². The number of carbonyl (C=O) groups excluding carboxylic acids is 1. The lowest BCUT2D eigenvalue weighted by Gasteiger charge is -2.03. The van der Waals surface area contributed by atoms with Gasteiger partial charge in [0.05, 0.1) is 0 Å². The van der Waals surface area contributed by atoms with Crippen molar-refractivity contribution in [2.75, 3.05) is 0 Å². The van der Waals surface area contributed by atoms with Crippen molar-refractivity contribution in [1.29, 1.82) is 0 Å². The van der Waals surface area contributed by atoms with E-state index in [4.69, 9.17) is 9.90 Å². The summed E-state index contributed by atoms with van der Waals surface area (Å²) in [7, 11) is 0. The number of hydrogen-bond donors (Lipinski definition) is 1. The SMILES string of the molecule is O=C([O-])C(F)(F)F.c1n[nH]c[nH+]1. The van der Waals surface area contributed by atoms with Gasteiger partial charge in [-0.05, 0) is 0 Å². The van der Waals surface area contributed by atoms with Crippen LogP contribution in [-0.4, -0.2) is 22.3 Å². The first-order valence-corrected chi connectivity index (χ1v) is 2.57. The topological polar surface area (TPSA) is 83.0 Å². The van der Waals surface area contributed by atoms with Crippen LogP contribution in [0.15, 0.2) is 12.7 Å². The van der Waals surface area contributed by atoms with Crippen molar-refractivity contribution in [2.45, 2.75) is 6.18 Å². The maximum atomic E-state index is 10.5. The Labute approximate surface area is 64.2 Å². The summed E-state index contributed by atoms with van der Waals surface area (Å²) in [4.78, 5) is 11.5. The number of H-pyrrole nitrogens is 2. The van der Waals surface area contributed by atoms with Crippen molar-refractivity contribution < 1.29 is 28.1 Å². The van der Waals surface area contributed by atoms with Crippen LogP contribution in [0.5, 0.6) is 0 Å². The molecule has 1 heterocycles. The molecule has 12 heavy (non-hydrogen) atoms. The molecule has 1 rings (SSSR count). The molecule has 1 aromatic rings. The lowest BCUT2D eigenvalue weighted by molar-refractivity contribution is -0.377. The highest BCUT2D eigenvalue weighted by Crippen LogP contribution is 2.11. The van der Waals surface area contributed by atoms with Gasteiger partial charge in [0.25, 0.3) is 6.33 Å². The third-order valence-electron chi connectivity index (χ3n) is 0.593. The van der Waals surface area contributed by atoms with Gasteiger partial charge < -0.3 is 9.90 Å². The van der Waals surface area contributed by atoms with Crippen LogP contribution >= 0.6 is 0 Å². The number of halogens is 3. The van der Waals surface area contributed by atoms with E-state index in [-0.39, 0.29) is 0 Å². The Morgan fingerprint density at radius 1 is 1.58 bits per heavy atom. The number of alkyl halides is 3. The summed E-state index contributed by atoms with van der Waals surface area (Å²) in [5, 5.41) is 14.9. The lowest BCUT2D eigenvalue weighted by Crippen LogP contribution is -2.37. The smallest absolute Gasteiger partial charge is 0.430 e. The zero-order chi connectivity index (χ0) is 9.61. The fraction of sp³-hybridized carbons (Fsp3) is 0.250. The van der Waals surface area contributed by atoms with Crippen LogP contribution in [0.4, 0.5) is 13.2 Å². The minimum Gasteiger partial charge on any atom is -0.542 e. The first-order chi connectivity index (χ1) is 5.44. The van der Waals surface area contributed by atoms with E-state index in [9.17, 15) is 13.2 Å². The summed E-state index contributed by atoms with van der Waals surface area (Å²) >= 11 is 0. The molecule has 68 valence electrons. The first-order valence-electron chi connectivity index (χ1n) is 2.57. The van der Waals surface area contributed by atoms with Crippen LogP contribution in [-0.2, 0) is 4.79 Å². The third-order valence-corrected chi connectivity index (χ3v) is 0.593. The third kappa shape index (κ3) is 5.21. The molecule has 0 aliphatic heterocycles. The minimum absolute atomic E-state index is 1.57. The van der Waals surface area contributed by atoms with Gasteiger partial charge in [-0.25, -0.2) is 0 Å². The predicted molar refractivity (Wildman–Crippen MR) is 26.2 cm³/mol. The van der Waals surface area contributed by atoms with E-state index in [1.807, 2.05) is 0 Å². The van der Waals surface area contributed by atoms with E-state index in [1.165, 1.54) is 0 Å². The minimum atomic E-state index is -5.19. The lowest BCUT2D eigenvalue weighted by atomic mass is 10.7. The first kappa shape index (κ1) is 10.4. The molecule has 0 fully saturated rings. The number of aromatic amines is 2. The highest BCUT2D eigenvalue weighted by atomic mass is 19.4. The second-order valence-corrected chi connectivity index (χ2v) is 1.48. The van der Waals surface area contributed by atoms with Crippen LogP contribution < -0.4 is 10.1 Å². The van der Waals surface area contributed by atoms with Crippen molar-refractivity contribution in [3.63, 3.8) is 0 Å². The molecule has 5 nitrogen and oxygen atoms in total. The van der Waals surface area contributed by atoms with Crippen molar-refractivity contribution in [3.8, 4) is 0 Å². The summed E-state index contributed by atoms with van der Waals surface area (Å²) in [5.41, 5.74) is 0. The van der Waals surface area contributed by atoms with Gasteiger partial charge >= 0.3 is 6.18 Å². The largest absolute Gasteiger partial charge is 0.542 e. The van der Waals surface area contributed by atoms with Gasteiger partial charge in [-0.15, -0.1) is 5.10 Å². The summed E-state index contributed by atoms with van der Waals surface area (Å²) < 4.78 is 31.5. The Morgan fingerprint density at radius 2 is 2.08 bits per heavy atom. The molecule has 0 aromatic carbocycles. The Balaban J connectivity index is 0.000000211. The highest BCUT2D eigenvalue weighted by molar-refractivity contribution is 5.70. The number of carbonyl (C=O) groups is 1. The monoisotopic (exact) mass is 183 g/mol. The summed E-state index contributed by atoms with van der Waals surface area (Å²) in [6, 6.07) is 0. The molecule has 0 saturated carbocycles. The molecule has 0 aliphatic carbocycles. The van der Waals surface area contributed by atoms with Crippen LogP contribution in [0.1, 0.15) is 0 Å². The maximum Gasteiger partial charge on any atom is 0.430 e. The molecule has 0 bridgehead atoms. The summed E-state index contributed by atoms with van der Waals surface area (Å²) in [5.74, 6) is -3.01. The fourth-order valence-corrected chi connectivity index (χ4v) is 0.186. The fourth-order valence-electron chi connectivity index (χ4n) is 0.186. The second kappa shape index (κ2) is 4.31. The van der Waals surface area contributed by atoms with E-state index in [0.717, 1.165) is 0 Å². The van der Waals surface area contributed by atoms with Gasteiger partial charge in [0.1, 0.15) is 5.97 Å². The molecule has 0 unspecified atom stereocenters. The van der Waals surface area contributed by atoms with Crippen LogP contribution in [0.3, 0.4) is 0 Å². The van der Waals surface area contributed by atoms with Crippen LogP contribution in [0, 0.1) is 0 Å². The molecule has 0 atom stereocenters. The average molecular weight is 183 g/mol. The standard InChI is InChI=1S/C2HF3O2.C2H3N3/c3-2(4,5)1(6)7;1-3-2-5-4-1/h(H,6,7);1-2H,(H,3,4,5). The Bertz CT molecular complexity index is 203. The van der Waals surface area contributed by atoms with Crippen molar-refractivity contribution in [2.24, 2.45) is 0 Å². The molecule has 2 N–H and O–H groups in total. The van der Waals surface area contributed by atoms with Crippen molar-refractivity contribution in [1.82, 2.24) is 10.2 Å². The number of nitrogens with one attached hydrogen (secondary N) is 2. The highest BCUT2D eigenvalue weighted by Gasteiger charge is 2.28. The van der Waals surface area contributed by atoms with E-state index in [1.54, 1.807) is 12.7 Å². The number of nitrogens with zero attached hydrogens (tertiary/aromatic N) is 1. The van der Waals surface area contributed by atoms with Crippen molar-refractivity contribution in [3.05, 3.63) is 12.7 Å². The normalized spacial score (nSPS) is 9.92. The quantitative estimate of drug-likeness (QED) is 0.532. The number of rotatable bonds is 0. The van der Waals surface area contributed by atoms with Crippen LogP contribution in [0.2, 0.25) is 0 Å². The van der Waals surface area contributed by atoms with E-state index >= 15 is 0 Å². The number of carboxylic acid groups (broad SMARTS) is 1. The Kier molecular flexibility index (Phi) is 3.74. The average Bonchev–Trinajstić information content (AvgIpc) is 2.39. The zero-order valence-corrected chi connectivity index (χ0v) is 5.55. The number of carboxylic acids is 1. The molecule has 0 amide bonds. The summed E-state index contributed by atoms with van der Waals surface area (Å²) in [6.07, 6.45) is -1.99. The molecular formula is C4H4F3N3O2. The second-order valence-electron chi connectivity index (χ2n) is 1.48. The Morgan fingerprint density at radius 3 is 2.17 bits per heavy atom. The van der Waals surface area contributed by atoms with Gasteiger partial charge in [-0.3, -0.25) is 4.98 Å². The number of aliphatic carboxylic acids is 1. The van der Waals surface area contributed by atoms with Crippen molar-refractivity contribution >= 4 is 5.97 Å². The van der Waals surface area contributed by atoms with E-state index in [2.05, 4.69) is 15.2 Å². The predicted octanol–water partition coefficient (Wildman–Crippen LogP) is -1.48. The maximum absolute atomic E-state index is 10.5. The molecule has 0 radical (unpaired) electrons. The Hall–Kier alpha value is -1.60. The molecular weight excluding hydrogens is 179 g/mol. The zero-order valence-electron chi connectivity index (χ0n) is 5.55. The van der Waals surface area contributed by atoms with E-state index in [0.29, 0.717) is 0 Å². The molecule has 8 heteroatoms. The number of hydrogen-bond acceptors (Lipinski definition) is 3. The molecule has 0 aliphatic rings. The number of aromatic nitrogens is 3.